The minimum absolute atomic E-state index is 0.151. The molecular formula is C8H16ClNO2. The molecule has 0 saturated heterocycles. The van der Waals surface area contributed by atoms with Crippen molar-refractivity contribution in [1.29, 1.82) is 0 Å². The summed E-state index contributed by atoms with van der Waals surface area (Å²) in [5, 5.41) is 0. The Labute approximate surface area is 78.6 Å². The molecule has 12 heavy (non-hydrogen) atoms. The van der Waals surface area contributed by atoms with E-state index in [1.165, 1.54) is 0 Å². The zero-order valence-corrected chi connectivity index (χ0v) is 8.76. The highest BCUT2D eigenvalue weighted by molar-refractivity contribution is 6.19. The number of hydrogen-bond donors (Lipinski definition) is 0. The second-order valence-corrected chi connectivity index (χ2v) is 3.42. The average molecular weight is 194 g/mol. The predicted molar refractivity (Wildman–Crippen MR) is 49.3 cm³/mol. The number of carbonyl (C=O) groups excluding carboxylic acids is 1. The Kier molecular flexibility index (Phi) is 5.06. The first-order valence-electron chi connectivity index (χ1n) is 4.10. The van der Waals surface area contributed by atoms with Crippen LogP contribution < -0.4 is 0 Å². The molecule has 1 atom stereocenters. The van der Waals surface area contributed by atoms with E-state index in [0.29, 0.717) is 6.54 Å². The minimum Gasteiger partial charge on any atom is -0.430 e. The number of carbonyl (C=O) groups is 1. The molecule has 72 valence electrons. The number of ether oxygens (including phenoxy) is 1. The van der Waals surface area contributed by atoms with Crippen LogP contribution >= 0.6 is 11.6 Å². The molecule has 0 fully saturated rings. The Hall–Kier alpha value is -0.440. The van der Waals surface area contributed by atoms with E-state index in [9.17, 15) is 4.79 Å². The summed E-state index contributed by atoms with van der Waals surface area (Å²) in [6.45, 7) is 8.03. The van der Waals surface area contributed by atoms with Crippen molar-refractivity contribution >= 4 is 17.7 Å². The average Bonchev–Trinajstić information content (AvgIpc) is 1.85. The van der Waals surface area contributed by atoms with Gasteiger partial charge in [-0.25, -0.2) is 4.79 Å². The minimum atomic E-state index is -0.565. The van der Waals surface area contributed by atoms with E-state index in [4.69, 9.17) is 16.3 Å². The van der Waals surface area contributed by atoms with Gasteiger partial charge < -0.3 is 9.64 Å². The Morgan fingerprint density at radius 1 is 1.50 bits per heavy atom. The Bertz CT molecular complexity index is 148. The molecule has 0 aromatic rings. The zero-order valence-electron chi connectivity index (χ0n) is 8.00. The summed E-state index contributed by atoms with van der Waals surface area (Å²) < 4.78 is 4.82. The molecule has 0 radical (unpaired) electrons. The smallest absolute Gasteiger partial charge is 0.411 e. The molecule has 0 aromatic carbocycles. The van der Waals surface area contributed by atoms with Gasteiger partial charge in [-0.3, -0.25) is 0 Å². The third-order valence-corrected chi connectivity index (χ3v) is 1.55. The summed E-state index contributed by atoms with van der Waals surface area (Å²) in [5.74, 6) is 0. The fourth-order valence-corrected chi connectivity index (χ4v) is 0.988. The summed E-state index contributed by atoms with van der Waals surface area (Å²) in [6.07, 6.45) is -0.352. The molecule has 1 unspecified atom stereocenters. The third kappa shape index (κ3) is 3.81. The van der Waals surface area contributed by atoms with Gasteiger partial charge in [-0.05, 0) is 27.7 Å². The van der Waals surface area contributed by atoms with Crippen LogP contribution in [0, 0.1) is 0 Å². The van der Waals surface area contributed by atoms with Crippen LogP contribution in [0.3, 0.4) is 0 Å². The van der Waals surface area contributed by atoms with Crippen molar-refractivity contribution in [1.82, 2.24) is 4.90 Å². The second-order valence-electron chi connectivity index (χ2n) is 2.81. The molecule has 4 heteroatoms. The zero-order chi connectivity index (χ0) is 9.72. The van der Waals surface area contributed by atoms with E-state index >= 15 is 0 Å². The molecule has 0 N–H and O–H groups in total. The fraction of sp³-hybridized carbons (Fsp3) is 0.875. The second kappa shape index (κ2) is 5.25. The molecule has 0 saturated carbocycles. The molecule has 0 aliphatic heterocycles. The van der Waals surface area contributed by atoms with Crippen molar-refractivity contribution in [3.05, 3.63) is 0 Å². The van der Waals surface area contributed by atoms with Gasteiger partial charge in [-0.1, -0.05) is 11.6 Å². The van der Waals surface area contributed by atoms with Crippen molar-refractivity contribution < 1.29 is 9.53 Å². The van der Waals surface area contributed by atoms with Crippen LogP contribution in [0.5, 0.6) is 0 Å². The van der Waals surface area contributed by atoms with Gasteiger partial charge >= 0.3 is 6.09 Å². The number of alkyl halides is 1. The Balaban J connectivity index is 4.04. The largest absolute Gasteiger partial charge is 0.430 e. The van der Waals surface area contributed by atoms with E-state index in [2.05, 4.69) is 0 Å². The number of nitrogens with zero attached hydrogens (tertiary/aromatic N) is 1. The van der Waals surface area contributed by atoms with Crippen molar-refractivity contribution in [3.63, 3.8) is 0 Å². The highest BCUT2D eigenvalue weighted by Gasteiger charge is 2.17. The van der Waals surface area contributed by atoms with Crippen molar-refractivity contribution in [2.75, 3.05) is 6.54 Å². The van der Waals surface area contributed by atoms with Crippen LogP contribution in [0.1, 0.15) is 27.7 Å². The van der Waals surface area contributed by atoms with Gasteiger partial charge in [0.15, 0.2) is 5.56 Å². The first kappa shape index (κ1) is 11.6. The van der Waals surface area contributed by atoms with Crippen LogP contribution in [-0.2, 0) is 4.74 Å². The lowest BCUT2D eigenvalue weighted by Gasteiger charge is -2.24. The molecule has 0 heterocycles. The van der Waals surface area contributed by atoms with Crippen LogP contribution in [0.15, 0.2) is 0 Å². The quantitative estimate of drug-likeness (QED) is 0.645. The molecule has 0 aliphatic carbocycles. The standard InChI is InChI=1S/C8H16ClNO2/c1-5-10(6(2)3)8(11)12-7(4)9/h6-7H,5H2,1-4H3. The highest BCUT2D eigenvalue weighted by Crippen LogP contribution is 2.05. The fourth-order valence-electron chi connectivity index (χ4n) is 0.912. The number of amides is 1. The maximum atomic E-state index is 11.2. The lowest BCUT2D eigenvalue weighted by Crippen LogP contribution is -2.37. The van der Waals surface area contributed by atoms with Gasteiger partial charge in [0.2, 0.25) is 0 Å². The predicted octanol–water partition coefficient (Wildman–Crippen LogP) is 2.44. The number of hydrogen-bond acceptors (Lipinski definition) is 2. The Morgan fingerprint density at radius 2 is 2.00 bits per heavy atom. The molecule has 0 bridgehead atoms. The summed E-state index contributed by atoms with van der Waals surface area (Å²) in [7, 11) is 0. The molecule has 3 nitrogen and oxygen atoms in total. The molecule has 0 aliphatic rings. The number of rotatable bonds is 3. The maximum absolute atomic E-state index is 11.2. The van der Waals surface area contributed by atoms with Gasteiger partial charge in [0.1, 0.15) is 0 Å². The van der Waals surface area contributed by atoms with Crippen molar-refractivity contribution in [2.45, 2.75) is 39.3 Å². The molecule has 0 spiro atoms. The summed E-state index contributed by atoms with van der Waals surface area (Å²) in [6, 6.07) is 0.151. The van der Waals surface area contributed by atoms with Crippen LogP contribution in [0.2, 0.25) is 0 Å². The third-order valence-electron chi connectivity index (χ3n) is 1.46. The molecular weight excluding hydrogens is 178 g/mol. The van der Waals surface area contributed by atoms with Gasteiger partial charge in [0.05, 0.1) is 0 Å². The molecule has 0 aromatic heterocycles. The van der Waals surface area contributed by atoms with Gasteiger partial charge in [-0.15, -0.1) is 0 Å². The van der Waals surface area contributed by atoms with Gasteiger partial charge in [0.25, 0.3) is 0 Å². The summed E-state index contributed by atoms with van der Waals surface area (Å²) in [4.78, 5) is 12.9. The van der Waals surface area contributed by atoms with Crippen LogP contribution in [-0.4, -0.2) is 29.1 Å². The maximum Gasteiger partial charge on any atom is 0.411 e. The highest BCUT2D eigenvalue weighted by atomic mass is 35.5. The van der Waals surface area contributed by atoms with E-state index in [1.54, 1.807) is 11.8 Å². The van der Waals surface area contributed by atoms with Crippen molar-refractivity contribution in [2.24, 2.45) is 0 Å². The number of halogens is 1. The van der Waals surface area contributed by atoms with E-state index in [1.807, 2.05) is 20.8 Å². The van der Waals surface area contributed by atoms with Crippen LogP contribution in [0.4, 0.5) is 4.79 Å². The van der Waals surface area contributed by atoms with Crippen LogP contribution in [0.25, 0.3) is 0 Å². The summed E-state index contributed by atoms with van der Waals surface area (Å²) >= 11 is 5.51. The van der Waals surface area contributed by atoms with E-state index in [-0.39, 0.29) is 12.1 Å². The lowest BCUT2D eigenvalue weighted by molar-refractivity contribution is 0.0877. The summed E-state index contributed by atoms with van der Waals surface area (Å²) in [5.41, 5.74) is -0.565. The molecule has 1 amide bonds. The van der Waals surface area contributed by atoms with Gasteiger partial charge in [-0.2, -0.15) is 0 Å². The SMILES string of the molecule is CCN(C(=O)OC(C)Cl)C(C)C. The van der Waals surface area contributed by atoms with Crippen molar-refractivity contribution in [3.8, 4) is 0 Å². The first-order valence-corrected chi connectivity index (χ1v) is 4.54. The Morgan fingerprint density at radius 3 is 2.25 bits per heavy atom. The lowest BCUT2D eigenvalue weighted by atomic mass is 10.3. The normalized spacial score (nSPS) is 12.8. The van der Waals surface area contributed by atoms with E-state index < -0.39 is 5.56 Å². The topological polar surface area (TPSA) is 29.5 Å². The monoisotopic (exact) mass is 193 g/mol. The van der Waals surface area contributed by atoms with Gasteiger partial charge in [0, 0.05) is 12.6 Å². The molecule has 0 rings (SSSR count). The van der Waals surface area contributed by atoms with E-state index in [0.717, 1.165) is 0 Å². The first-order chi connectivity index (χ1) is 5.49.